The lowest BCUT2D eigenvalue weighted by Crippen LogP contribution is -2.53. The van der Waals surface area contributed by atoms with Crippen molar-refractivity contribution < 1.29 is 38.1 Å². The number of amides is 3. The normalized spacial score (nSPS) is 20.7. The number of methoxy groups -OCH3 is 1. The monoisotopic (exact) mass is 727 g/mol. The Morgan fingerprint density at radius 1 is 1.04 bits per heavy atom. The van der Waals surface area contributed by atoms with Crippen molar-refractivity contribution in [2.45, 2.75) is 130 Å². The first kappa shape index (κ1) is 41.6. The van der Waals surface area contributed by atoms with E-state index >= 15 is 0 Å². The fraction of sp³-hybridized carbons (Fsp3) is 0.756. The van der Waals surface area contributed by atoms with Gasteiger partial charge in [0.1, 0.15) is 17.1 Å². The molecule has 1 aliphatic carbocycles. The maximum absolute atomic E-state index is 14.7. The smallest absolute Gasteiger partial charge is 0.410 e. The lowest BCUT2D eigenvalue weighted by Gasteiger charge is -2.40. The molecule has 4 rings (SSSR count). The van der Waals surface area contributed by atoms with Crippen LogP contribution in [0.2, 0.25) is 0 Å². The standard InChI is InChI=1S/C41H65N3O8/c1-10-50-22-19-29(23-28(2)3)13-11-14-35(45)30-24-31(27-42(26-30)39(48)52-40(4,5)6)37(46)44(32-15-16-32)33-17-18-36-34(25-33)43(20-12-21-49-9)38(47)41(7,8)51-36/h17-18,25,28-32H,10-16,19-24,26-27H2,1-9H3/t29?,30-,31+/m0/s1. The minimum Gasteiger partial charge on any atom is -0.476 e. The molecular weight excluding hydrogens is 662 g/mol. The summed E-state index contributed by atoms with van der Waals surface area (Å²) in [5.74, 6) is 0.429. The van der Waals surface area contributed by atoms with Crippen LogP contribution in [0.15, 0.2) is 18.2 Å². The summed E-state index contributed by atoms with van der Waals surface area (Å²) in [7, 11) is 1.64. The molecule has 1 saturated carbocycles. The van der Waals surface area contributed by atoms with Gasteiger partial charge < -0.3 is 33.6 Å². The largest absolute Gasteiger partial charge is 0.476 e. The number of hydrogen-bond acceptors (Lipinski definition) is 8. The number of carbonyl (C=O) groups is 4. The second-order valence-electron chi connectivity index (χ2n) is 16.9. The minimum atomic E-state index is -1.03. The van der Waals surface area contributed by atoms with Crippen LogP contribution < -0.4 is 14.5 Å². The molecule has 0 N–H and O–H groups in total. The fourth-order valence-corrected chi connectivity index (χ4v) is 7.54. The Morgan fingerprint density at radius 2 is 1.75 bits per heavy atom. The van der Waals surface area contributed by atoms with Gasteiger partial charge in [0.25, 0.3) is 5.91 Å². The van der Waals surface area contributed by atoms with Gasteiger partial charge in [-0.05, 0) is 123 Å². The van der Waals surface area contributed by atoms with E-state index in [9.17, 15) is 19.2 Å². The lowest BCUT2D eigenvalue weighted by atomic mass is 9.83. The molecule has 1 aromatic carbocycles. The number of fused-ring (bicyclic) bond motifs is 1. The molecular formula is C41H65N3O8. The number of ketones is 1. The van der Waals surface area contributed by atoms with Gasteiger partial charge in [-0.3, -0.25) is 14.4 Å². The highest BCUT2D eigenvalue weighted by Crippen LogP contribution is 2.43. The third kappa shape index (κ3) is 11.4. The summed E-state index contributed by atoms with van der Waals surface area (Å²) in [4.78, 5) is 60.6. The van der Waals surface area contributed by atoms with Crippen molar-refractivity contribution in [3.05, 3.63) is 18.2 Å². The molecule has 292 valence electrons. The van der Waals surface area contributed by atoms with Crippen molar-refractivity contribution in [3.8, 4) is 5.75 Å². The van der Waals surface area contributed by atoms with Gasteiger partial charge in [-0.15, -0.1) is 0 Å². The zero-order valence-corrected chi connectivity index (χ0v) is 33.3. The van der Waals surface area contributed by atoms with E-state index in [4.69, 9.17) is 18.9 Å². The number of nitrogens with zero attached hydrogens (tertiary/aromatic N) is 3. The summed E-state index contributed by atoms with van der Waals surface area (Å²) in [5, 5.41) is 0. The number of carbonyl (C=O) groups excluding carboxylic acids is 4. The quantitative estimate of drug-likeness (QED) is 0.144. The van der Waals surface area contributed by atoms with E-state index in [1.165, 1.54) is 0 Å². The third-order valence-electron chi connectivity index (χ3n) is 10.1. The van der Waals surface area contributed by atoms with Crippen molar-refractivity contribution >= 4 is 35.1 Å². The Bertz CT molecular complexity index is 1380. The van der Waals surface area contributed by atoms with Crippen LogP contribution in [0, 0.1) is 23.7 Å². The van der Waals surface area contributed by atoms with Crippen LogP contribution in [0.3, 0.4) is 0 Å². The fourth-order valence-electron chi connectivity index (χ4n) is 7.54. The van der Waals surface area contributed by atoms with Crippen molar-refractivity contribution in [3.63, 3.8) is 0 Å². The number of hydrogen-bond donors (Lipinski definition) is 0. The Hall–Kier alpha value is -3.18. The number of rotatable bonds is 18. The first-order valence-corrected chi connectivity index (χ1v) is 19.6. The highest BCUT2D eigenvalue weighted by molar-refractivity contribution is 6.04. The van der Waals surface area contributed by atoms with Crippen molar-refractivity contribution in [2.24, 2.45) is 23.7 Å². The highest BCUT2D eigenvalue weighted by Gasteiger charge is 2.45. The zero-order chi connectivity index (χ0) is 38.2. The second kappa shape index (κ2) is 18.2. The van der Waals surface area contributed by atoms with Gasteiger partial charge in [-0.2, -0.15) is 0 Å². The Balaban J connectivity index is 1.56. The summed E-state index contributed by atoms with van der Waals surface area (Å²) in [5.41, 5.74) is -0.436. The average molecular weight is 728 g/mol. The van der Waals surface area contributed by atoms with E-state index in [1.807, 2.05) is 50.8 Å². The van der Waals surface area contributed by atoms with Crippen molar-refractivity contribution in [1.29, 1.82) is 0 Å². The molecule has 3 aliphatic rings. The molecule has 0 bridgehead atoms. The SMILES string of the molecule is CCOCCC(CCCC(=O)[C@H]1C[C@@H](C(=O)N(c2ccc3c(c2)N(CCCOC)C(=O)C(C)(C)O3)C2CC2)CN(C(=O)OC(C)(C)C)C1)CC(C)C. The maximum atomic E-state index is 14.7. The Labute approximate surface area is 312 Å². The molecule has 1 saturated heterocycles. The number of anilines is 2. The Kier molecular flexibility index (Phi) is 14.6. The average Bonchev–Trinajstić information content (AvgIpc) is 3.90. The number of benzene rings is 1. The number of piperidine rings is 1. The molecule has 2 heterocycles. The maximum Gasteiger partial charge on any atom is 0.410 e. The van der Waals surface area contributed by atoms with Gasteiger partial charge in [0.05, 0.1) is 11.6 Å². The minimum absolute atomic E-state index is 0.00442. The highest BCUT2D eigenvalue weighted by atomic mass is 16.6. The third-order valence-corrected chi connectivity index (χ3v) is 10.1. The zero-order valence-electron chi connectivity index (χ0n) is 33.3. The molecule has 1 aromatic rings. The Morgan fingerprint density at radius 3 is 2.38 bits per heavy atom. The van der Waals surface area contributed by atoms with Gasteiger partial charge >= 0.3 is 6.09 Å². The van der Waals surface area contributed by atoms with Crippen molar-refractivity contribution in [2.75, 3.05) is 56.4 Å². The molecule has 2 fully saturated rings. The predicted octanol–water partition coefficient (Wildman–Crippen LogP) is 7.42. The van der Waals surface area contributed by atoms with Crippen LogP contribution in [0.25, 0.3) is 0 Å². The van der Waals surface area contributed by atoms with Crippen LogP contribution in [0.5, 0.6) is 5.75 Å². The molecule has 1 unspecified atom stereocenters. The van der Waals surface area contributed by atoms with Crippen molar-refractivity contribution in [1.82, 2.24) is 4.90 Å². The van der Waals surface area contributed by atoms with E-state index in [1.54, 1.807) is 30.8 Å². The second-order valence-corrected chi connectivity index (χ2v) is 16.9. The van der Waals surface area contributed by atoms with Crippen LogP contribution in [0.1, 0.15) is 113 Å². The first-order chi connectivity index (χ1) is 24.5. The number of Topliss-reactive ketones (excluding diaryl/α,β-unsaturated/α-hetero) is 1. The first-order valence-electron chi connectivity index (χ1n) is 19.6. The molecule has 2 aliphatic heterocycles. The summed E-state index contributed by atoms with van der Waals surface area (Å²) in [6.45, 7) is 18.3. The molecule has 11 nitrogen and oxygen atoms in total. The van der Waals surface area contributed by atoms with Crippen LogP contribution in [0.4, 0.5) is 16.2 Å². The van der Waals surface area contributed by atoms with Gasteiger partial charge in [-0.25, -0.2) is 4.79 Å². The van der Waals surface area contributed by atoms with Gasteiger partial charge in [0, 0.05) is 70.6 Å². The molecule has 52 heavy (non-hydrogen) atoms. The van der Waals surface area contributed by atoms with Crippen LogP contribution in [-0.2, 0) is 28.6 Å². The molecule has 0 aromatic heterocycles. The van der Waals surface area contributed by atoms with E-state index in [-0.39, 0.29) is 36.7 Å². The number of ether oxygens (including phenoxy) is 4. The molecule has 0 spiro atoms. The van der Waals surface area contributed by atoms with Crippen LogP contribution >= 0.6 is 0 Å². The summed E-state index contributed by atoms with van der Waals surface area (Å²) in [6.07, 6.45) is 6.44. The lowest BCUT2D eigenvalue weighted by molar-refractivity contribution is -0.132. The molecule has 11 heteroatoms. The van der Waals surface area contributed by atoms with Gasteiger partial charge in [-0.1, -0.05) is 13.8 Å². The van der Waals surface area contributed by atoms with E-state index in [2.05, 4.69) is 13.8 Å². The van der Waals surface area contributed by atoms with Gasteiger partial charge in [0.15, 0.2) is 5.60 Å². The van der Waals surface area contributed by atoms with E-state index < -0.39 is 29.1 Å². The molecule has 3 amide bonds. The van der Waals surface area contributed by atoms with Gasteiger partial charge in [0.2, 0.25) is 5.91 Å². The summed E-state index contributed by atoms with van der Waals surface area (Å²) in [6, 6.07) is 5.60. The van der Waals surface area contributed by atoms with Crippen LogP contribution in [-0.4, -0.2) is 92.4 Å². The molecule has 0 radical (unpaired) electrons. The topological polar surface area (TPSA) is 115 Å². The van der Waals surface area contributed by atoms with E-state index in [0.29, 0.717) is 68.0 Å². The summed E-state index contributed by atoms with van der Waals surface area (Å²) >= 11 is 0. The summed E-state index contributed by atoms with van der Waals surface area (Å²) < 4.78 is 22.8. The predicted molar refractivity (Wildman–Crippen MR) is 203 cm³/mol. The molecule has 3 atom stereocenters. The number of likely N-dealkylation sites (tertiary alicyclic amines) is 1. The van der Waals surface area contributed by atoms with E-state index in [0.717, 1.165) is 45.1 Å².